The molecule has 0 atom stereocenters. The van der Waals surface area contributed by atoms with Crippen molar-refractivity contribution in [2.45, 2.75) is 0 Å². The SMILES string of the molecule is C#CCN(C)C(=O)c1cc(Cl)ncc1[N+](=O)[O-]. The molecule has 0 N–H and O–H groups in total. The van der Waals surface area contributed by atoms with Gasteiger partial charge in [-0.15, -0.1) is 6.42 Å². The molecule has 0 aliphatic heterocycles. The van der Waals surface area contributed by atoms with E-state index < -0.39 is 16.5 Å². The van der Waals surface area contributed by atoms with E-state index in [0.29, 0.717) is 0 Å². The van der Waals surface area contributed by atoms with Crippen molar-refractivity contribution in [1.82, 2.24) is 9.88 Å². The van der Waals surface area contributed by atoms with Crippen LogP contribution >= 0.6 is 11.6 Å². The number of carbonyl (C=O) groups is 1. The number of carbonyl (C=O) groups excluding carboxylic acids is 1. The third kappa shape index (κ3) is 2.92. The van der Waals surface area contributed by atoms with Crippen LogP contribution in [0.3, 0.4) is 0 Å². The first-order chi connectivity index (χ1) is 7.97. The number of rotatable bonds is 3. The molecule has 0 unspecified atom stereocenters. The van der Waals surface area contributed by atoms with E-state index in [1.54, 1.807) is 0 Å². The summed E-state index contributed by atoms with van der Waals surface area (Å²) in [5, 5.41) is 10.7. The Kier molecular flexibility index (Phi) is 4.01. The number of pyridine rings is 1. The first-order valence-corrected chi connectivity index (χ1v) is 4.84. The zero-order valence-electron chi connectivity index (χ0n) is 8.88. The van der Waals surface area contributed by atoms with Crippen molar-refractivity contribution in [2.24, 2.45) is 0 Å². The van der Waals surface area contributed by atoms with E-state index in [4.69, 9.17) is 18.0 Å². The highest BCUT2D eigenvalue weighted by Crippen LogP contribution is 2.21. The molecule has 1 amide bonds. The predicted molar refractivity (Wildman–Crippen MR) is 61.7 cm³/mol. The van der Waals surface area contributed by atoms with Gasteiger partial charge in [-0.1, -0.05) is 17.5 Å². The first-order valence-electron chi connectivity index (χ1n) is 4.46. The standard InChI is InChI=1S/C10H8ClN3O3/c1-3-4-13(2)10(15)7-5-9(11)12-6-8(7)14(16)17/h1,5-6H,4H2,2H3. The van der Waals surface area contributed by atoms with Gasteiger partial charge in [0.1, 0.15) is 16.9 Å². The maximum Gasteiger partial charge on any atom is 0.300 e. The number of amides is 1. The number of hydrogen-bond donors (Lipinski definition) is 0. The zero-order chi connectivity index (χ0) is 13.0. The van der Waals surface area contributed by atoms with Crippen LogP contribution in [0.2, 0.25) is 5.15 Å². The van der Waals surface area contributed by atoms with Gasteiger partial charge in [-0.3, -0.25) is 14.9 Å². The molecule has 1 aromatic heterocycles. The Bertz CT molecular complexity index is 510. The lowest BCUT2D eigenvalue weighted by Crippen LogP contribution is -2.27. The molecule has 1 heterocycles. The molecular formula is C10H8ClN3O3. The van der Waals surface area contributed by atoms with Crippen molar-refractivity contribution in [1.29, 1.82) is 0 Å². The smallest absolute Gasteiger partial charge is 0.300 e. The minimum Gasteiger partial charge on any atom is -0.330 e. The van der Waals surface area contributed by atoms with Gasteiger partial charge in [0.05, 0.1) is 11.5 Å². The second kappa shape index (κ2) is 5.27. The van der Waals surface area contributed by atoms with Crippen molar-refractivity contribution < 1.29 is 9.72 Å². The molecule has 0 radical (unpaired) electrons. The van der Waals surface area contributed by atoms with Crippen LogP contribution in [0, 0.1) is 22.5 Å². The molecule has 6 nitrogen and oxygen atoms in total. The van der Waals surface area contributed by atoms with E-state index in [2.05, 4.69) is 10.9 Å². The molecule has 0 aliphatic carbocycles. The summed E-state index contributed by atoms with van der Waals surface area (Å²) in [6.45, 7) is 0.0515. The maximum atomic E-state index is 11.9. The second-order valence-electron chi connectivity index (χ2n) is 3.15. The van der Waals surface area contributed by atoms with Crippen LogP contribution in [0.25, 0.3) is 0 Å². The van der Waals surface area contributed by atoms with Crippen LogP contribution in [0.4, 0.5) is 5.69 Å². The normalized spacial score (nSPS) is 9.47. The third-order valence-corrected chi connectivity index (χ3v) is 2.16. The van der Waals surface area contributed by atoms with Crippen LogP contribution in [-0.2, 0) is 0 Å². The Morgan fingerprint density at radius 2 is 2.41 bits per heavy atom. The summed E-state index contributed by atoms with van der Waals surface area (Å²) >= 11 is 5.60. The molecular weight excluding hydrogens is 246 g/mol. The highest BCUT2D eigenvalue weighted by Gasteiger charge is 2.23. The Hall–Kier alpha value is -2.13. The van der Waals surface area contributed by atoms with Gasteiger partial charge in [0.15, 0.2) is 0 Å². The Morgan fingerprint density at radius 1 is 1.76 bits per heavy atom. The molecule has 7 heteroatoms. The van der Waals surface area contributed by atoms with Crippen molar-refractivity contribution >= 4 is 23.2 Å². The van der Waals surface area contributed by atoms with Crippen molar-refractivity contribution in [3.8, 4) is 12.3 Å². The number of hydrogen-bond acceptors (Lipinski definition) is 4. The zero-order valence-corrected chi connectivity index (χ0v) is 9.64. The molecule has 0 aromatic carbocycles. The molecule has 0 aliphatic rings. The lowest BCUT2D eigenvalue weighted by atomic mass is 10.2. The van der Waals surface area contributed by atoms with Gasteiger partial charge >= 0.3 is 0 Å². The van der Waals surface area contributed by atoms with Gasteiger partial charge in [-0.2, -0.15) is 0 Å². The summed E-state index contributed by atoms with van der Waals surface area (Å²) < 4.78 is 0. The first kappa shape index (κ1) is 12.9. The van der Waals surface area contributed by atoms with E-state index in [9.17, 15) is 14.9 Å². The van der Waals surface area contributed by atoms with E-state index in [1.165, 1.54) is 11.9 Å². The number of nitrogens with zero attached hydrogens (tertiary/aromatic N) is 3. The molecule has 1 aromatic rings. The Labute approximate surface area is 102 Å². The average Bonchev–Trinajstić information content (AvgIpc) is 2.27. The van der Waals surface area contributed by atoms with Gasteiger partial charge < -0.3 is 4.90 Å². The minimum atomic E-state index is -0.694. The van der Waals surface area contributed by atoms with Crippen molar-refractivity contribution in [3.63, 3.8) is 0 Å². The number of nitro groups is 1. The molecule has 17 heavy (non-hydrogen) atoms. The molecule has 0 spiro atoms. The number of halogens is 1. The van der Waals surface area contributed by atoms with Crippen LogP contribution in [0.5, 0.6) is 0 Å². The van der Waals surface area contributed by atoms with Crippen LogP contribution < -0.4 is 0 Å². The van der Waals surface area contributed by atoms with E-state index >= 15 is 0 Å². The van der Waals surface area contributed by atoms with Crippen LogP contribution in [0.1, 0.15) is 10.4 Å². The number of aromatic nitrogens is 1. The fraction of sp³-hybridized carbons (Fsp3) is 0.200. The van der Waals surface area contributed by atoms with E-state index in [1.807, 2.05) is 0 Å². The number of terminal acetylenes is 1. The Balaban J connectivity index is 3.20. The highest BCUT2D eigenvalue weighted by atomic mass is 35.5. The van der Waals surface area contributed by atoms with Crippen molar-refractivity contribution in [2.75, 3.05) is 13.6 Å². The monoisotopic (exact) mass is 253 g/mol. The molecule has 0 bridgehead atoms. The quantitative estimate of drug-likeness (QED) is 0.353. The van der Waals surface area contributed by atoms with Crippen LogP contribution in [-0.4, -0.2) is 34.3 Å². The van der Waals surface area contributed by atoms with Gasteiger partial charge in [0.25, 0.3) is 11.6 Å². The second-order valence-corrected chi connectivity index (χ2v) is 3.53. The van der Waals surface area contributed by atoms with Gasteiger partial charge in [0, 0.05) is 7.05 Å². The topological polar surface area (TPSA) is 76.3 Å². The lowest BCUT2D eigenvalue weighted by molar-refractivity contribution is -0.385. The molecule has 88 valence electrons. The molecule has 0 fully saturated rings. The van der Waals surface area contributed by atoms with Gasteiger partial charge in [0.2, 0.25) is 0 Å². The molecule has 0 saturated carbocycles. The Morgan fingerprint density at radius 3 is 2.94 bits per heavy atom. The minimum absolute atomic E-state index is 0.00746. The largest absolute Gasteiger partial charge is 0.330 e. The summed E-state index contributed by atoms with van der Waals surface area (Å²) in [6, 6.07) is 1.15. The lowest BCUT2D eigenvalue weighted by Gasteiger charge is -2.13. The average molecular weight is 254 g/mol. The fourth-order valence-corrected chi connectivity index (χ4v) is 1.31. The van der Waals surface area contributed by atoms with Crippen LogP contribution in [0.15, 0.2) is 12.3 Å². The summed E-state index contributed by atoms with van der Waals surface area (Å²) in [6.07, 6.45) is 6.00. The van der Waals surface area contributed by atoms with Gasteiger partial charge in [-0.25, -0.2) is 4.98 Å². The predicted octanol–water partition coefficient (Wildman–Crippen LogP) is 1.35. The molecule has 0 saturated heterocycles. The summed E-state index contributed by atoms with van der Waals surface area (Å²) in [5.41, 5.74) is -0.531. The summed E-state index contributed by atoms with van der Waals surface area (Å²) in [7, 11) is 1.44. The summed E-state index contributed by atoms with van der Waals surface area (Å²) in [4.78, 5) is 26.6. The summed E-state index contributed by atoms with van der Waals surface area (Å²) in [5.74, 6) is 1.70. The highest BCUT2D eigenvalue weighted by molar-refractivity contribution is 6.29. The maximum absolute atomic E-state index is 11.9. The van der Waals surface area contributed by atoms with Gasteiger partial charge in [-0.05, 0) is 6.07 Å². The van der Waals surface area contributed by atoms with E-state index in [-0.39, 0.29) is 17.3 Å². The van der Waals surface area contributed by atoms with E-state index in [0.717, 1.165) is 12.3 Å². The fourth-order valence-electron chi connectivity index (χ4n) is 1.15. The molecule has 1 rings (SSSR count). The van der Waals surface area contributed by atoms with Crippen molar-refractivity contribution in [3.05, 3.63) is 33.1 Å². The third-order valence-electron chi connectivity index (χ3n) is 1.95.